The first-order valence-electron chi connectivity index (χ1n) is 9.58. The quantitative estimate of drug-likeness (QED) is 0.690. The van der Waals surface area contributed by atoms with E-state index < -0.39 is 41.2 Å². The number of hydrogen-bond donors (Lipinski definition) is 1. The Balaban J connectivity index is 3.48. The maximum atomic E-state index is 12.8. The normalized spacial score (nSPS) is 13.4. The summed E-state index contributed by atoms with van der Waals surface area (Å²) in [5.74, 6) is -0.250. The summed E-state index contributed by atoms with van der Waals surface area (Å²) in [6.07, 6.45) is -4.10. The van der Waals surface area contributed by atoms with Gasteiger partial charge < -0.3 is 19.3 Å². The van der Waals surface area contributed by atoms with Gasteiger partial charge in [0.25, 0.3) is 0 Å². The van der Waals surface area contributed by atoms with E-state index in [2.05, 4.69) is 5.10 Å². The molecule has 1 heterocycles. The summed E-state index contributed by atoms with van der Waals surface area (Å²) in [5, 5.41) is 14.1. The molecule has 1 aromatic heterocycles. The average Bonchev–Trinajstić information content (AvgIpc) is 2.86. The molecule has 0 aromatic carbocycles. The third-order valence-electron chi connectivity index (χ3n) is 3.10. The molecule has 0 fully saturated rings. The van der Waals surface area contributed by atoms with E-state index in [-0.39, 0.29) is 11.5 Å². The highest BCUT2D eigenvalue weighted by atomic mass is 16.6. The van der Waals surface area contributed by atoms with E-state index in [1.165, 1.54) is 13.0 Å². The summed E-state index contributed by atoms with van der Waals surface area (Å²) in [4.78, 5) is 38.6. The van der Waals surface area contributed by atoms with Gasteiger partial charge in [-0.1, -0.05) is 0 Å². The van der Waals surface area contributed by atoms with E-state index in [1.54, 1.807) is 62.3 Å². The van der Waals surface area contributed by atoms with E-state index in [0.717, 1.165) is 4.68 Å². The van der Waals surface area contributed by atoms with Gasteiger partial charge in [-0.3, -0.25) is 0 Å². The Hall–Kier alpha value is -2.62. The number of imide groups is 1. The molecule has 1 rings (SSSR count). The molecular weight excluding hydrogens is 394 g/mol. The molecule has 0 aliphatic carbocycles. The molecule has 10 heteroatoms. The number of ether oxygens (including phenoxy) is 3. The number of nitrogens with zero attached hydrogens (tertiary/aromatic N) is 3. The van der Waals surface area contributed by atoms with Crippen molar-refractivity contribution in [3.63, 3.8) is 0 Å². The molecule has 0 aliphatic rings. The van der Waals surface area contributed by atoms with Crippen molar-refractivity contribution in [2.75, 3.05) is 4.90 Å². The maximum absolute atomic E-state index is 12.8. The second-order valence-corrected chi connectivity index (χ2v) is 9.79. The minimum absolute atomic E-state index is 0.0244. The van der Waals surface area contributed by atoms with Gasteiger partial charge in [-0.25, -0.2) is 14.4 Å². The first kappa shape index (κ1) is 25.4. The highest BCUT2D eigenvalue weighted by Crippen LogP contribution is 2.25. The third-order valence-corrected chi connectivity index (χ3v) is 3.10. The molecule has 1 atom stereocenters. The van der Waals surface area contributed by atoms with Crippen LogP contribution in [0.2, 0.25) is 0 Å². The Morgan fingerprint density at radius 1 is 0.900 bits per heavy atom. The lowest BCUT2D eigenvalue weighted by molar-refractivity contribution is 0.0418. The molecule has 1 aromatic rings. The number of aliphatic hydroxyl groups is 1. The number of carbonyl (C=O) groups is 3. The summed E-state index contributed by atoms with van der Waals surface area (Å²) < 4.78 is 16.7. The van der Waals surface area contributed by atoms with Crippen LogP contribution < -0.4 is 4.90 Å². The Morgan fingerprint density at radius 3 is 1.63 bits per heavy atom. The van der Waals surface area contributed by atoms with E-state index >= 15 is 0 Å². The SMILES string of the molecule is C[C@@H](O)c1cc(N(C(=O)OC(C)(C)C)C(=O)OC(C)(C)C)nn1C(=O)OC(C)(C)C. The minimum Gasteiger partial charge on any atom is -0.443 e. The first-order chi connectivity index (χ1) is 13.3. The molecule has 0 unspecified atom stereocenters. The van der Waals surface area contributed by atoms with Gasteiger partial charge in [0.05, 0.1) is 11.8 Å². The van der Waals surface area contributed by atoms with Crippen LogP contribution in [0.1, 0.15) is 81.0 Å². The van der Waals surface area contributed by atoms with Crippen LogP contribution in [0.15, 0.2) is 6.07 Å². The second kappa shape index (κ2) is 8.63. The molecule has 0 spiro atoms. The number of rotatable bonds is 2. The van der Waals surface area contributed by atoms with Gasteiger partial charge in [0.2, 0.25) is 0 Å². The van der Waals surface area contributed by atoms with Crippen molar-refractivity contribution in [1.29, 1.82) is 0 Å². The summed E-state index contributed by atoms with van der Waals surface area (Å²) in [5.41, 5.74) is -2.61. The zero-order valence-corrected chi connectivity index (χ0v) is 19.4. The largest absolute Gasteiger partial charge is 0.443 e. The second-order valence-electron chi connectivity index (χ2n) is 9.79. The van der Waals surface area contributed by atoms with Crippen molar-refractivity contribution in [3.8, 4) is 0 Å². The number of hydrogen-bond acceptors (Lipinski definition) is 8. The number of aliphatic hydroxyl groups excluding tert-OH is 1. The fourth-order valence-electron chi connectivity index (χ4n) is 2.12. The Morgan fingerprint density at radius 2 is 1.30 bits per heavy atom. The summed E-state index contributed by atoms with van der Waals surface area (Å²) in [6, 6.07) is 1.22. The molecule has 0 aliphatic heterocycles. The average molecular weight is 427 g/mol. The van der Waals surface area contributed by atoms with Crippen LogP contribution in [0.4, 0.5) is 20.2 Å². The van der Waals surface area contributed by atoms with E-state index in [1.807, 2.05) is 0 Å². The van der Waals surface area contributed by atoms with Crippen molar-refractivity contribution >= 4 is 24.1 Å². The molecule has 2 amide bonds. The van der Waals surface area contributed by atoms with Crippen LogP contribution in [0, 0.1) is 0 Å². The highest BCUT2D eigenvalue weighted by Gasteiger charge is 2.36. The van der Waals surface area contributed by atoms with E-state index in [0.29, 0.717) is 4.90 Å². The lowest BCUT2D eigenvalue weighted by Crippen LogP contribution is -2.44. The molecule has 170 valence electrons. The fraction of sp³-hybridized carbons (Fsp3) is 0.700. The van der Waals surface area contributed by atoms with Gasteiger partial charge in [0.1, 0.15) is 16.8 Å². The number of aromatic nitrogens is 2. The van der Waals surface area contributed by atoms with Gasteiger partial charge in [-0.15, -0.1) is 5.10 Å². The predicted molar refractivity (Wildman–Crippen MR) is 109 cm³/mol. The van der Waals surface area contributed by atoms with Crippen LogP contribution in [-0.2, 0) is 14.2 Å². The lowest BCUT2D eigenvalue weighted by Gasteiger charge is -2.27. The molecule has 0 bridgehead atoms. The molecule has 1 N–H and O–H groups in total. The van der Waals surface area contributed by atoms with Gasteiger partial charge in [-0.05, 0) is 69.2 Å². The molecule has 0 saturated heterocycles. The standard InChI is InChI=1S/C20H33N3O7/c1-12(24)13-11-14(21-23(13)17(27)30-20(8,9)10)22(15(25)28-18(2,3)4)16(26)29-19(5,6)7/h11-12,24H,1-10H3/t12-/m1/s1. The number of amides is 2. The molecule has 30 heavy (non-hydrogen) atoms. The van der Waals surface area contributed by atoms with Crippen LogP contribution in [-0.4, -0.2) is 50.0 Å². The summed E-state index contributed by atoms with van der Waals surface area (Å²) >= 11 is 0. The van der Waals surface area contributed by atoms with Crippen LogP contribution in [0.25, 0.3) is 0 Å². The Bertz CT molecular complexity index is 765. The zero-order valence-electron chi connectivity index (χ0n) is 19.4. The van der Waals surface area contributed by atoms with Gasteiger partial charge in [0, 0.05) is 6.07 Å². The monoisotopic (exact) mass is 427 g/mol. The smallest absolute Gasteiger partial charge is 0.435 e. The van der Waals surface area contributed by atoms with E-state index in [4.69, 9.17) is 14.2 Å². The van der Waals surface area contributed by atoms with Crippen LogP contribution in [0.3, 0.4) is 0 Å². The zero-order chi connectivity index (χ0) is 23.7. The predicted octanol–water partition coefficient (Wildman–Crippen LogP) is 4.40. The van der Waals surface area contributed by atoms with Crippen molar-refractivity contribution in [1.82, 2.24) is 9.78 Å². The molecule has 10 nitrogen and oxygen atoms in total. The maximum Gasteiger partial charge on any atom is 0.435 e. The van der Waals surface area contributed by atoms with Gasteiger partial charge >= 0.3 is 18.3 Å². The number of carbonyl (C=O) groups excluding carboxylic acids is 3. The summed E-state index contributed by atoms with van der Waals surface area (Å²) in [7, 11) is 0. The molecular formula is C20H33N3O7. The van der Waals surface area contributed by atoms with Crippen LogP contribution in [0.5, 0.6) is 0 Å². The van der Waals surface area contributed by atoms with E-state index in [9.17, 15) is 19.5 Å². The number of anilines is 1. The highest BCUT2D eigenvalue weighted by molar-refractivity contribution is 6.08. The van der Waals surface area contributed by atoms with Crippen molar-refractivity contribution in [3.05, 3.63) is 11.8 Å². The first-order valence-corrected chi connectivity index (χ1v) is 9.58. The van der Waals surface area contributed by atoms with Crippen molar-refractivity contribution in [2.45, 2.75) is 92.1 Å². The lowest BCUT2D eigenvalue weighted by atomic mass is 10.2. The molecule has 0 radical (unpaired) electrons. The fourth-order valence-corrected chi connectivity index (χ4v) is 2.12. The Kier molecular flexibility index (Phi) is 7.31. The van der Waals surface area contributed by atoms with Gasteiger partial charge in [-0.2, -0.15) is 9.58 Å². The molecule has 0 saturated carbocycles. The Labute approximate surface area is 177 Å². The topological polar surface area (TPSA) is 120 Å². The van der Waals surface area contributed by atoms with Crippen LogP contribution >= 0.6 is 0 Å². The van der Waals surface area contributed by atoms with Crippen molar-refractivity contribution < 1.29 is 33.7 Å². The minimum atomic E-state index is -1.14. The van der Waals surface area contributed by atoms with Crippen molar-refractivity contribution in [2.24, 2.45) is 0 Å². The third kappa shape index (κ3) is 7.66. The van der Waals surface area contributed by atoms with Gasteiger partial charge in [0.15, 0.2) is 5.82 Å². The summed E-state index contributed by atoms with van der Waals surface area (Å²) in [6.45, 7) is 16.3.